The molecule has 1 atom stereocenters. The van der Waals surface area contributed by atoms with E-state index < -0.39 is 11.5 Å². The third-order valence-corrected chi connectivity index (χ3v) is 5.06. The van der Waals surface area contributed by atoms with Crippen LogP contribution >= 0.6 is 0 Å². The standard InChI is InChI=1S/C16H28N2O3/c1-2-13-7-6-10-18(12-13)15(21)17-16(11-14(19)20)8-4-3-5-9-16/h13H,2-12H2,1H3,(H,17,21)(H,19,20). The van der Waals surface area contributed by atoms with Crippen LogP contribution in [-0.2, 0) is 4.79 Å². The molecule has 0 aromatic rings. The summed E-state index contributed by atoms with van der Waals surface area (Å²) in [6.45, 7) is 3.77. The van der Waals surface area contributed by atoms with E-state index in [1.54, 1.807) is 0 Å². The average molecular weight is 296 g/mol. The summed E-state index contributed by atoms with van der Waals surface area (Å²) in [6, 6.07) is -0.0590. The zero-order valence-corrected chi connectivity index (χ0v) is 13.1. The Morgan fingerprint density at radius 1 is 1.24 bits per heavy atom. The van der Waals surface area contributed by atoms with Crippen molar-refractivity contribution in [3.8, 4) is 0 Å². The lowest BCUT2D eigenvalue weighted by Gasteiger charge is -2.40. The number of carbonyl (C=O) groups excluding carboxylic acids is 1. The molecule has 0 bridgehead atoms. The molecule has 2 aliphatic rings. The molecule has 2 rings (SSSR count). The third-order valence-electron chi connectivity index (χ3n) is 5.06. The zero-order chi connectivity index (χ0) is 15.3. The normalized spacial score (nSPS) is 25.4. The van der Waals surface area contributed by atoms with Gasteiger partial charge in [0.1, 0.15) is 0 Å². The maximum absolute atomic E-state index is 12.5. The Hall–Kier alpha value is -1.26. The predicted octanol–water partition coefficient (Wildman–Crippen LogP) is 3.00. The Kier molecular flexibility index (Phi) is 5.48. The van der Waals surface area contributed by atoms with Gasteiger partial charge in [-0.25, -0.2) is 4.79 Å². The van der Waals surface area contributed by atoms with Crippen LogP contribution in [-0.4, -0.2) is 40.6 Å². The maximum atomic E-state index is 12.5. The van der Waals surface area contributed by atoms with Crippen LogP contribution < -0.4 is 5.32 Å². The number of piperidine rings is 1. The third kappa shape index (κ3) is 4.35. The van der Waals surface area contributed by atoms with Crippen LogP contribution in [0.4, 0.5) is 4.79 Å². The molecule has 0 aromatic heterocycles. The molecule has 0 aromatic carbocycles. The number of hydrogen-bond donors (Lipinski definition) is 2. The SMILES string of the molecule is CCC1CCCN(C(=O)NC2(CC(=O)O)CCCCC2)C1. The van der Waals surface area contributed by atoms with Gasteiger partial charge in [-0.15, -0.1) is 0 Å². The van der Waals surface area contributed by atoms with E-state index in [-0.39, 0.29) is 12.5 Å². The summed E-state index contributed by atoms with van der Waals surface area (Å²) in [7, 11) is 0. The first kappa shape index (κ1) is 16.1. The average Bonchev–Trinajstić information content (AvgIpc) is 2.47. The first-order chi connectivity index (χ1) is 10.0. The quantitative estimate of drug-likeness (QED) is 0.838. The number of carbonyl (C=O) groups is 2. The van der Waals surface area contributed by atoms with Crippen LogP contribution in [0, 0.1) is 5.92 Å². The van der Waals surface area contributed by atoms with Gasteiger partial charge in [0, 0.05) is 13.1 Å². The summed E-state index contributed by atoms with van der Waals surface area (Å²) < 4.78 is 0. The number of nitrogens with one attached hydrogen (secondary N) is 1. The van der Waals surface area contributed by atoms with Gasteiger partial charge in [0.15, 0.2) is 0 Å². The van der Waals surface area contributed by atoms with E-state index in [1.165, 1.54) is 6.42 Å². The molecule has 0 radical (unpaired) electrons. The van der Waals surface area contributed by atoms with Gasteiger partial charge in [0.25, 0.3) is 0 Å². The number of amides is 2. The van der Waals surface area contributed by atoms with Gasteiger partial charge >= 0.3 is 12.0 Å². The minimum Gasteiger partial charge on any atom is -0.481 e. The number of carboxylic acids is 1. The molecule has 5 nitrogen and oxygen atoms in total. The maximum Gasteiger partial charge on any atom is 0.317 e. The van der Waals surface area contributed by atoms with Crippen LogP contribution in [0.2, 0.25) is 0 Å². The van der Waals surface area contributed by atoms with Gasteiger partial charge in [-0.3, -0.25) is 4.79 Å². The molecule has 2 amide bonds. The topological polar surface area (TPSA) is 69.6 Å². The van der Waals surface area contributed by atoms with Crippen molar-refractivity contribution in [3.63, 3.8) is 0 Å². The van der Waals surface area contributed by atoms with Crippen LogP contribution in [0.25, 0.3) is 0 Å². The van der Waals surface area contributed by atoms with Crippen molar-refractivity contribution < 1.29 is 14.7 Å². The van der Waals surface area contributed by atoms with Crippen LogP contribution in [0.3, 0.4) is 0 Å². The summed E-state index contributed by atoms with van der Waals surface area (Å²) in [6.07, 6.45) is 8.12. The molecule has 1 heterocycles. The minimum atomic E-state index is -0.817. The lowest BCUT2D eigenvalue weighted by Crippen LogP contribution is -2.56. The molecular weight excluding hydrogens is 268 g/mol. The molecule has 1 aliphatic carbocycles. The van der Waals surface area contributed by atoms with E-state index in [0.717, 1.165) is 58.0 Å². The highest BCUT2D eigenvalue weighted by atomic mass is 16.4. The first-order valence-corrected chi connectivity index (χ1v) is 8.33. The number of likely N-dealkylation sites (tertiary alicyclic amines) is 1. The molecule has 21 heavy (non-hydrogen) atoms. The van der Waals surface area contributed by atoms with Gasteiger partial charge in [0.2, 0.25) is 0 Å². The van der Waals surface area contributed by atoms with Gasteiger partial charge in [0.05, 0.1) is 12.0 Å². The molecule has 2 fully saturated rings. The molecular formula is C16H28N2O3. The van der Waals surface area contributed by atoms with Crippen molar-refractivity contribution in [2.45, 2.75) is 70.3 Å². The Morgan fingerprint density at radius 3 is 2.57 bits per heavy atom. The van der Waals surface area contributed by atoms with Crippen LogP contribution in [0.15, 0.2) is 0 Å². The van der Waals surface area contributed by atoms with E-state index in [4.69, 9.17) is 5.11 Å². The lowest BCUT2D eigenvalue weighted by molar-refractivity contribution is -0.139. The van der Waals surface area contributed by atoms with E-state index in [9.17, 15) is 9.59 Å². The van der Waals surface area contributed by atoms with Gasteiger partial charge in [-0.1, -0.05) is 32.6 Å². The van der Waals surface area contributed by atoms with E-state index in [2.05, 4.69) is 12.2 Å². The zero-order valence-electron chi connectivity index (χ0n) is 13.1. The number of urea groups is 1. The van der Waals surface area contributed by atoms with Crippen molar-refractivity contribution in [3.05, 3.63) is 0 Å². The first-order valence-electron chi connectivity index (χ1n) is 8.33. The Labute approximate surface area is 127 Å². The van der Waals surface area contributed by atoms with Crippen LogP contribution in [0.1, 0.15) is 64.7 Å². The van der Waals surface area contributed by atoms with E-state index in [1.807, 2.05) is 4.90 Å². The molecule has 120 valence electrons. The monoisotopic (exact) mass is 296 g/mol. The number of rotatable bonds is 4. The summed E-state index contributed by atoms with van der Waals surface area (Å²) in [4.78, 5) is 25.6. The minimum absolute atomic E-state index is 0.0454. The molecule has 5 heteroatoms. The van der Waals surface area contributed by atoms with Crippen molar-refractivity contribution in [1.82, 2.24) is 10.2 Å². The molecule has 1 saturated carbocycles. The van der Waals surface area contributed by atoms with Crippen molar-refractivity contribution in [2.24, 2.45) is 5.92 Å². The lowest BCUT2D eigenvalue weighted by atomic mass is 9.79. The Bertz CT molecular complexity index is 378. The predicted molar refractivity (Wildman–Crippen MR) is 81.2 cm³/mol. The second kappa shape index (κ2) is 7.14. The second-order valence-electron chi connectivity index (χ2n) is 6.70. The highest BCUT2D eigenvalue weighted by molar-refractivity contribution is 5.77. The number of carboxylic acid groups (broad SMARTS) is 1. The second-order valence-corrected chi connectivity index (χ2v) is 6.70. The molecule has 2 N–H and O–H groups in total. The van der Waals surface area contributed by atoms with Crippen molar-refractivity contribution in [1.29, 1.82) is 0 Å². The summed E-state index contributed by atoms with van der Waals surface area (Å²) >= 11 is 0. The van der Waals surface area contributed by atoms with Gasteiger partial charge in [-0.05, 0) is 31.6 Å². The smallest absolute Gasteiger partial charge is 0.317 e. The van der Waals surface area contributed by atoms with Gasteiger partial charge in [-0.2, -0.15) is 0 Å². The summed E-state index contributed by atoms with van der Waals surface area (Å²) in [5.74, 6) is -0.228. The van der Waals surface area contributed by atoms with E-state index in [0.29, 0.717) is 5.92 Å². The number of nitrogens with zero attached hydrogens (tertiary/aromatic N) is 1. The fraction of sp³-hybridized carbons (Fsp3) is 0.875. The number of aliphatic carboxylic acids is 1. The van der Waals surface area contributed by atoms with Gasteiger partial charge < -0.3 is 15.3 Å². The fourth-order valence-corrected chi connectivity index (χ4v) is 3.75. The largest absolute Gasteiger partial charge is 0.481 e. The van der Waals surface area contributed by atoms with Crippen LogP contribution in [0.5, 0.6) is 0 Å². The molecule has 1 saturated heterocycles. The fourth-order valence-electron chi connectivity index (χ4n) is 3.75. The van der Waals surface area contributed by atoms with Crippen molar-refractivity contribution in [2.75, 3.05) is 13.1 Å². The highest BCUT2D eigenvalue weighted by Gasteiger charge is 2.37. The summed E-state index contributed by atoms with van der Waals surface area (Å²) in [5, 5.41) is 12.3. The van der Waals surface area contributed by atoms with E-state index >= 15 is 0 Å². The molecule has 1 unspecified atom stereocenters. The highest BCUT2D eigenvalue weighted by Crippen LogP contribution is 2.31. The number of hydrogen-bond acceptors (Lipinski definition) is 2. The Balaban J connectivity index is 1.98. The summed E-state index contributed by atoms with van der Waals surface area (Å²) in [5.41, 5.74) is -0.527. The Morgan fingerprint density at radius 2 is 1.95 bits per heavy atom. The van der Waals surface area contributed by atoms with Crippen molar-refractivity contribution >= 4 is 12.0 Å². The molecule has 0 spiro atoms. The molecule has 1 aliphatic heterocycles.